The second-order valence-corrected chi connectivity index (χ2v) is 5.61. The maximum absolute atomic E-state index is 10.2. The first-order valence-corrected chi connectivity index (χ1v) is 7.63. The summed E-state index contributed by atoms with van der Waals surface area (Å²) >= 11 is 0. The Morgan fingerprint density at radius 3 is 2.67 bits per heavy atom. The summed E-state index contributed by atoms with van der Waals surface area (Å²) in [5.41, 5.74) is 0. The lowest BCUT2D eigenvalue weighted by Gasteiger charge is -2.34. The van der Waals surface area contributed by atoms with Crippen LogP contribution in [0, 0.1) is 5.92 Å². The lowest BCUT2D eigenvalue weighted by Crippen LogP contribution is -2.46. The van der Waals surface area contributed by atoms with Crippen LogP contribution in [0.4, 0.5) is 0 Å². The summed E-state index contributed by atoms with van der Waals surface area (Å²) in [7, 11) is 0. The SMILES string of the molecule is CCCCC1CCC(NC(C)=NCCC)C(O)C1. The Hall–Kier alpha value is -0.570. The van der Waals surface area contributed by atoms with E-state index in [2.05, 4.69) is 24.2 Å². The Bertz CT molecular complexity index is 253. The van der Waals surface area contributed by atoms with E-state index >= 15 is 0 Å². The van der Waals surface area contributed by atoms with Gasteiger partial charge in [-0.3, -0.25) is 4.99 Å². The zero-order valence-corrected chi connectivity index (χ0v) is 12.3. The van der Waals surface area contributed by atoms with E-state index in [1.54, 1.807) is 0 Å². The minimum atomic E-state index is -0.201. The Kier molecular flexibility index (Phi) is 7.33. The predicted octanol–water partition coefficient (Wildman–Crippen LogP) is 3.12. The van der Waals surface area contributed by atoms with Gasteiger partial charge in [0, 0.05) is 6.54 Å². The molecule has 3 nitrogen and oxygen atoms in total. The number of amidine groups is 1. The van der Waals surface area contributed by atoms with Gasteiger partial charge in [-0.05, 0) is 38.5 Å². The van der Waals surface area contributed by atoms with Crippen molar-refractivity contribution in [2.45, 2.75) is 77.9 Å². The van der Waals surface area contributed by atoms with Gasteiger partial charge in [-0.1, -0.05) is 33.1 Å². The number of aliphatic hydroxyl groups is 1. The number of nitrogens with one attached hydrogen (secondary N) is 1. The van der Waals surface area contributed by atoms with Gasteiger partial charge in [0.1, 0.15) is 0 Å². The number of unbranched alkanes of at least 4 members (excludes halogenated alkanes) is 1. The van der Waals surface area contributed by atoms with Crippen molar-refractivity contribution in [3.63, 3.8) is 0 Å². The molecule has 0 aromatic carbocycles. The van der Waals surface area contributed by atoms with Crippen molar-refractivity contribution in [1.82, 2.24) is 5.32 Å². The second-order valence-electron chi connectivity index (χ2n) is 5.61. The molecule has 1 aliphatic carbocycles. The number of hydrogen-bond donors (Lipinski definition) is 2. The summed E-state index contributed by atoms with van der Waals surface area (Å²) in [5.74, 6) is 1.71. The van der Waals surface area contributed by atoms with Crippen molar-refractivity contribution in [3.05, 3.63) is 0 Å². The predicted molar refractivity (Wildman–Crippen MR) is 78.1 cm³/mol. The first kappa shape index (κ1) is 15.5. The van der Waals surface area contributed by atoms with Crippen LogP contribution >= 0.6 is 0 Å². The fraction of sp³-hybridized carbons (Fsp3) is 0.933. The summed E-state index contributed by atoms with van der Waals surface area (Å²) in [6.45, 7) is 7.24. The molecule has 0 radical (unpaired) electrons. The van der Waals surface area contributed by atoms with Crippen molar-refractivity contribution in [2.24, 2.45) is 10.9 Å². The number of rotatable bonds is 6. The van der Waals surface area contributed by atoms with Gasteiger partial charge >= 0.3 is 0 Å². The summed E-state index contributed by atoms with van der Waals surface area (Å²) in [6, 6.07) is 0.212. The largest absolute Gasteiger partial charge is 0.391 e. The van der Waals surface area contributed by atoms with Gasteiger partial charge in [-0.2, -0.15) is 0 Å². The Labute approximate surface area is 112 Å². The minimum absolute atomic E-state index is 0.201. The fourth-order valence-electron chi connectivity index (χ4n) is 2.75. The van der Waals surface area contributed by atoms with E-state index in [4.69, 9.17) is 0 Å². The molecule has 0 heterocycles. The van der Waals surface area contributed by atoms with Gasteiger partial charge in [-0.25, -0.2) is 0 Å². The van der Waals surface area contributed by atoms with Gasteiger partial charge in [-0.15, -0.1) is 0 Å². The van der Waals surface area contributed by atoms with Gasteiger partial charge in [0.15, 0.2) is 0 Å². The number of aliphatic imine (C=N–C) groups is 1. The Morgan fingerprint density at radius 1 is 1.28 bits per heavy atom. The van der Waals surface area contributed by atoms with Gasteiger partial charge < -0.3 is 10.4 Å². The van der Waals surface area contributed by atoms with Crippen LogP contribution in [0.5, 0.6) is 0 Å². The van der Waals surface area contributed by atoms with Crippen LogP contribution < -0.4 is 5.32 Å². The summed E-state index contributed by atoms with van der Waals surface area (Å²) in [4.78, 5) is 4.43. The molecule has 3 heteroatoms. The van der Waals surface area contributed by atoms with Crippen LogP contribution in [0.3, 0.4) is 0 Å². The van der Waals surface area contributed by atoms with Crippen molar-refractivity contribution in [2.75, 3.05) is 6.54 Å². The zero-order valence-electron chi connectivity index (χ0n) is 12.3. The van der Waals surface area contributed by atoms with Crippen LogP contribution in [0.2, 0.25) is 0 Å². The number of nitrogens with zero attached hydrogens (tertiary/aromatic N) is 1. The zero-order chi connectivity index (χ0) is 13.4. The molecule has 0 spiro atoms. The molecule has 1 rings (SSSR count). The normalized spacial score (nSPS) is 29.3. The minimum Gasteiger partial charge on any atom is -0.391 e. The van der Waals surface area contributed by atoms with Gasteiger partial charge in [0.25, 0.3) is 0 Å². The summed E-state index contributed by atoms with van der Waals surface area (Å²) < 4.78 is 0. The average molecular weight is 254 g/mol. The first-order valence-electron chi connectivity index (χ1n) is 7.63. The third-order valence-electron chi connectivity index (χ3n) is 3.86. The van der Waals surface area contributed by atoms with E-state index in [1.165, 1.54) is 25.7 Å². The number of hydrogen-bond acceptors (Lipinski definition) is 2. The highest BCUT2D eigenvalue weighted by Gasteiger charge is 2.28. The molecule has 0 aromatic rings. The highest BCUT2D eigenvalue weighted by Crippen LogP contribution is 2.28. The summed E-state index contributed by atoms with van der Waals surface area (Å²) in [6.07, 6.45) is 7.99. The average Bonchev–Trinajstić information content (AvgIpc) is 2.36. The van der Waals surface area contributed by atoms with Crippen molar-refractivity contribution >= 4 is 5.84 Å². The lowest BCUT2D eigenvalue weighted by atomic mass is 9.81. The standard InChI is InChI=1S/C15H30N2O/c1-4-6-7-13-8-9-14(15(18)11-13)17-12(3)16-10-5-2/h13-15,18H,4-11H2,1-3H3,(H,16,17). The summed E-state index contributed by atoms with van der Waals surface area (Å²) in [5, 5.41) is 13.6. The molecule has 0 aromatic heterocycles. The fourth-order valence-corrected chi connectivity index (χ4v) is 2.75. The topological polar surface area (TPSA) is 44.6 Å². The molecule has 106 valence electrons. The quantitative estimate of drug-likeness (QED) is 0.565. The molecule has 1 aliphatic rings. The van der Waals surface area contributed by atoms with E-state index in [-0.39, 0.29) is 12.1 Å². The molecule has 0 saturated heterocycles. The molecule has 2 N–H and O–H groups in total. The van der Waals surface area contributed by atoms with Crippen molar-refractivity contribution in [3.8, 4) is 0 Å². The van der Waals surface area contributed by atoms with Crippen LogP contribution in [-0.2, 0) is 0 Å². The van der Waals surface area contributed by atoms with Crippen molar-refractivity contribution < 1.29 is 5.11 Å². The molecule has 0 aliphatic heterocycles. The highest BCUT2D eigenvalue weighted by molar-refractivity contribution is 5.79. The Balaban J connectivity index is 2.33. The maximum atomic E-state index is 10.2. The highest BCUT2D eigenvalue weighted by atomic mass is 16.3. The second kappa shape index (κ2) is 8.52. The Morgan fingerprint density at radius 2 is 2.06 bits per heavy atom. The van der Waals surface area contributed by atoms with E-state index in [9.17, 15) is 5.11 Å². The lowest BCUT2D eigenvalue weighted by molar-refractivity contribution is 0.0700. The van der Waals surface area contributed by atoms with E-state index in [1.807, 2.05) is 6.92 Å². The first-order chi connectivity index (χ1) is 8.67. The molecular weight excluding hydrogens is 224 g/mol. The van der Waals surface area contributed by atoms with E-state index in [0.717, 1.165) is 37.6 Å². The van der Waals surface area contributed by atoms with E-state index < -0.39 is 0 Å². The number of aliphatic hydroxyl groups excluding tert-OH is 1. The molecule has 0 amide bonds. The molecule has 1 saturated carbocycles. The van der Waals surface area contributed by atoms with Crippen molar-refractivity contribution in [1.29, 1.82) is 0 Å². The smallest absolute Gasteiger partial charge is 0.0934 e. The third-order valence-corrected chi connectivity index (χ3v) is 3.86. The monoisotopic (exact) mass is 254 g/mol. The molecule has 0 bridgehead atoms. The molecule has 3 unspecified atom stereocenters. The molecular formula is C15H30N2O. The molecule has 18 heavy (non-hydrogen) atoms. The van der Waals surface area contributed by atoms with Crippen LogP contribution in [0.1, 0.15) is 65.7 Å². The van der Waals surface area contributed by atoms with Crippen LogP contribution in [-0.4, -0.2) is 29.6 Å². The van der Waals surface area contributed by atoms with Gasteiger partial charge in [0.2, 0.25) is 0 Å². The van der Waals surface area contributed by atoms with Gasteiger partial charge in [0.05, 0.1) is 18.0 Å². The van der Waals surface area contributed by atoms with E-state index in [0.29, 0.717) is 0 Å². The third kappa shape index (κ3) is 5.38. The molecule has 3 atom stereocenters. The van der Waals surface area contributed by atoms with Crippen LogP contribution in [0.25, 0.3) is 0 Å². The van der Waals surface area contributed by atoms with Crippen LogP contribution in [0.15, 0.2) is 4.99 Å². The molecule has 1 fully saturated rings. The maximum Gasteiger partial charge on any atom is 0.0934 e.